The molecular formula is C27H24Br2N4O2S2. The standard InChI is InChI=1S/C27H24Br2N4O2S2/c1-27(2)15-30-26(31-16-27)33-32-17(3-5-18-7-11-22(36-18)20-9-13-24(28)34-20)4-6-19-8-12-23(37-19)21-10-14-25(29)35-21/h3-14H,15-16H2,1-2H3,(H2,30,31,33)/b5-3+,6-4+. The molecule has 0 atom stereocenters. The number of rotatable bonds is 7. The molecule has 0 saturated heterocycles. The molecule has 0 bridgehead atoms. The van der Waals surface area contributed by atoms with Crippen LogP contribution in [0.15, 0.2) is 89.0 Å². The largest absolute Gasteiger partial charge is 0.449 e. The van der Waals surface area contributed by atoms with Gasteiger partial charge in [-0.2, -0.15) is 5.10 Å². The zero-order valence-corrected chi connectivity index (χ0v) is 24.9. The summed E-state index contributed by atoms with van der Waals surface area (Å²) in [5.74, 6) is 2.36. The van der Waals surface area contributed by atoms with E-state index in [9.17, 15) is 0 Å². The number of furan rings is 2. The maximum Gasteiger partial charge on any atom is 0.212 e. The number of hydrogen-bond donors (Lipinski definition) is 2. The number of thiophene rings is 2. The maximum absolute atomic E-state index is 5.68. The minimum absolute atomic E-state index is 0.137. The summed E-state index contributed by atoms with van der Waals surface area (Å²) in [6.07, 6.45) is 8.08. The quantitative estimate of drug-likeness (QED) is 0.154. The van der Waals surface area contributed by atoms with E-state index in [1.165, 1.54) is 0 Å². The predicted molar refractivity (Wildman–Crippen MR) is 162 cm³/mol. The first-order valence-corrected chi connectivity index (χ1v) is 14.7. The van der Waals surface area contributed by atoms with Crippen molar-refractivity contribution >= 4 is 78.4 Å². The monoisotopic (exact) mass is 658 g/mol. The van der Waals surface area contributed by atoms with Gasteiger partial charge in [-0.15, -0.1) is 22.7 Å². The molecule has 1 aliphatic heterocycles. The Kier molecular flexibility index (Phi) is 7.99. The molecule has 0 fully saturated rings. The molecule has 0 aromatic carbocycles. The van der Waals surface area contributed by atoms with Gasteiger partial charge in [0, 0.05) is 28.3 Å². The number of halogens is 2. The van der Waals surface area contributed by atoms with E-state index in [4.69, 9.17) is 8.83 Å². The Morgan fingerprint density at radius 3 is 1.95 bits per heavy atom. The fraction of sp³-hybridized carbons (Fsp3) is 0.185. The van der Waals surface area contributed by atoms with Crippen LogP contribution in [0.3, 0.4) is 0 Å². The highest BCUT2D eigenvalue weighted by molar-refractivity contribution is 9.10. The van der Waals surface area contributed by atoms with Crippen molar-refractivity contribution in [2.75, 3.05) is 13.1 Å². The average molecular weight is 660 g/mol. The van der Waals surface area contributed by atoms with Gasteiger partial charge in [0.25, 0.3) is 0 Å². The molecule has 4 aromatic heterocycles. The highest BCUT2D eigenvalue weighted by Gasteiger charge is 2.22. The van der Waals surface area contributed by atoms with Gasteiger partial charge in [-0.1, -0.05) is 13.8 Å². The molecular weight excluding hydrogens is 636 g/mol. The van der Waals surface area contributed by atoms with Crippen LogP contribution < -0.4 is 10.7 Å². The predicted octanol–water partition coefficient (Wildman–Crippen LogP) is 8.51. The summed E-state index contributed by atoms with van der Waals surface area (Å²) in [6, 6.07) is 16.0. The fourth-order valence-electron chi connectivity index (χ4n) is 3.43. The Labute approximate surface area is 240 Å². The molecule has 0 spiro atoms. The van der Waals surface area contributed by atoms with Crippen LogP contribution in [0.1, 0.15) is 23.6 Å². The van der Waals surface area contributed by atoms with E-state index in [1.807, 2.05) is 36.4 Å². The number of allylic oxidation sites excluding steroid dienone is 2. The average Bonchev–Trinajstić information content (AvgIpc) is 3.67. The molecule has 0 unspecified atom stereocenters. The van der Waals surface area contributed by atoms with Crippen LogP contribution in [0.5, 0.6) is 0 Å². The van der Waals surface area contributed by atoms with Crippen LogP contribution in [-0.2, 0) is 0 Å². The molecule has 0 amide bonds. The summed E-state index contributed by atoms with van der Waals surface area (Å²) in [4.78, 5) is 8.91. The summed E-state index contributed by atoms with van der Waals surface area (Å²) in [5, 5.41) is 7.94. The lowest BCUT2D eigenvalue weighted by atomic mass is 9.93. The SMILES string of the molecule is CC1(C)CN=C(NN=C(/C=C/c2ccc(-c3ccc(Br)o3)s2)/C=C/c2ccc(-c3ccc(Br)o3)s2)NC1. The molecule has 0 aliphatic carbocycles. The maximum atomic E-state index is 5.68. The Balaban J connectivity index is 1.34. The molecule has 5 rings (SSSR count). The third-order valence-corrected chi connectivity index (χ3v) is 8.40. The molecule has 6 nitrogen and oxygen atoms in total. The van der Waals surface area contributed by atoms with E-state index in [2.05, 4.69) is 103 Å². The topological polar surface area (TPSA) is 75.1 Å². The van der Waals surface area contributed by atoms with Gasteiger partial charge in [0.15, 0.2) is 9.34 Å². The van der Waals surface area contributed by atoms with Crippen LogP contribution in [0.2, 0.25) is 0 Å². The molecule has 5 heterocycles. The van der Waals surface area contributed by atoms with Crippen LogP contribution >= 0.6 is 54.5 Å². The van der Waals surface area contributed by atoms with Gasteiger partial charge in [0.05, 0.1) is 15.5 Å². The van der Waals surface area contributed by atoms with Crippen molar-refractivity contribution in [3.8, 4) is 21.3 Å². The summed E-state index contributed by atoms with van der Waals surface area (Å²) in [7, 11) is 0. The van der Waals surface area contributed by atoms with Crippen LogP contribution in [0.25, 0.3) is 33.4 Å². The number of hydrogen-bond acceptors (Lipinski definition) is 8. The normalized spacial score (nSPS) is 15.2. The zero-order chi connectivity index (χ0) is 25.8. The van der Waals surface area contributed by atoms with E-state index in [1.54, 1.807) is 22.7 Å². The lowest BCUT2D eigenvalue weighted by molar-refractivity contribution is 0.358. The van der Waals surface area contributed by atoms with Crippen molar-refractivity contribution < 1.29 is 8.83 Å². The van der Waals surface area contributed by atoms with E-state index >= 15 is 0 Å². The first-order chi connectivity index (χ1) is 17.8. The van der Waals surface area contributed by atoms with E-state index in [0.717, 1.165) is 59.2 Å². The molecule has 190 valence electrons. The summed E-state index contributed by atoms with van der Waals surface area (Å²) < 4.78 is 12.8. The van der Waals surface area contributed by atoms with E-state index in [-0.39, 0.29) is 5.41 Å². The number of nitrogens with one attached hydrogen (secondary N) is 2. The minimum Gasteiger partial charge on any atom is -0.449 e. The molecule has 10 heteroatoms. The number of nitrogens with zero attached hydrogens (tertiary/aromatic N) is 2. The van der Waals surface area contributed by atoms with Gasteiger partial charge < -0.3 is 14.2 Å². The number of hydrazone groups is 1. The third-order valence-electron chi connectivity index (χ3n) is 5.41. The van der Waals surface area contributed by atoms with Crippen molar-refractivity contribution in [1.82, 2.24) is 10.7 Å². The van der Waals surface area contributed by atoms with Gasteiger partial charge in [-0.25, -0.2) is 5.43 Å². The van der Waals surface area contributed by atoms with E-state index < -0.39 is 0 Å². The second-order valence-electron chi connectivity index (χ2n) is 9.11. The minimum atomic E-state index is 0.137. The zero-order valence-electron chi connectivity index (χ0n) is 20.1. The Bertz CT molecular complexity index is 1410. The van der Waals surface area contributed by atoms with Crippen molar-refractivity contribution in [3.63, 3.8) is 0 Å². The van der Waals surface area contributed by atoms with Crippen molar-refractivity contribution in [2.45, 2.75) is 13.8 Å². The summed E-state index contributed by atoms with van der Waals surface area (Å²) in [6.45, 7) is 5.97. The fourth-order valence-corrected chi connectivity index (χ4v) is 5.79. The number of guanidine groups is 1. The second kappa shape index (κ2) is 11.4. The van der Waals surface area contributed by atoms with Gasteiger partial charge in [0.1, 0.15) is 11.5 Å². The highest BCUT2D eigenvalue weighted by atomic mass is 79.9. The number of aliphatic imine (C=N–C) groups is 1. The van der Waals surface area contributed by atoms with Crippen molar-refractivity contribution in [3.05, 3.63) is 79.8 Å². The molecule has 37 heavy (non-hydrogen) atoms. The summed E-state index contributed by atoms with van der Waals surface area (Å²) in [5.41, 5.74) is 3.99. The smallest absolute Gasteiger partial charge is 0.212 e. The molecule has 0 saturated carbocycles. The van der Waals surface area contributed by atoms with Gasteiger partial charge in [-0.05, 0) is 105 Å². The first kappa shape index (κ1) is 26.0. The van der Waals surface area contributed by atoms with Crippen LogP contribution in [-0.4, -0.2) is 24.8 Å². The molecule has 0 radical (unpaired) electrons. The van der Waals surface area contributed by atoms with Crippen LogP contribution in [0, 0.1) is 5.41 Å². The highest BCUT2D eigenvalue weighted by Crippen LogP contribution is 2.33. The van der Waals surface area contributed by atoms with Crippen LogP contribution in [0.4, 0.5) is 0 Å². The van der Waals surface area contributed by atoms with E-state index in [0.29, 0.717) is 5.96 Å². The van der Waals surface area contributed by atoms with Gasteiger partial charge in [-0.3, -0.25) is 4.99 Å². The van der Waals surface area contributed by atoms with Crippen molar-refractivity contribution in [2.24, 2.45) is 15.5 Å². The first-order valence-electron chi connectivity index (χ1n) is 11.5. The third kappa shape index (κ3) is 7.01. The second-order valence-corrected chi connectivity index (χ2v) is 12.9. The lowest BCUT2D eigenvalue weighted by Crippen LogP contribution is -2.46. The molecule has 2 N–H and O–H groups in total. The van der Waals surface area contributed by atoms with Crippen molar-refractivity contribution in [1.29, 1.82) is 0 Å². The molecule has 4 aromatic rings. The van der Waals surface area contributed by atoms with Gasteiger partial charge >= 0.3 is 0 Å². The van der Waals surface area contributed by atoms with Gasteiger partial charge in [0.2, 0.25) is 5.96 Å². The summed E-state index contributed by atoms with van der Waals surface area (Å²) >= 11 is 10.0. The Hall–Kier alpha value is -2.66. The Morgan fingerprint density at radius 2 is 1.49 bits per heavy atom. The Morgan fingerprint density at radius 1 is 0.919 bits per heavy atom. The lowest BCUT2D eigenvalue weighted by Gasteiger charge is -2.28. The molecule has 1 aliphatic rings.